The van der Waals surface area contributed by atoms with Crippen molar-refractivity contribution in [3.63, 3.8) is 0 Å². The van der Waals surface area contributed by atoms with Gasteiger partial charge in [-0.05, 0) is 71.5 Å². The highest BCUT2D eigenvalue weighted by Gasteiger charge is 2.30. The topological polar surface area (TPSA) is 26.0 Å². The molecule has 0 radical (unpaired) electrons. The van der Waals surface area contributed by atoms with Crippen molar-refractivity contribution in [1.29, 1.82) is 0 Å². The van der Waals surface area contributed by atoms with E-state index >= 15 is 0 Å². The van der Waals surface area contributed by atoms with E-state index in [9.17, 15) is 4.39 Å². The lowest BCUT2D eigenvalue weighted by Gasteiger charge is -2.12. The molecule has 1 fully saturated rings. The molecular weight excluding hydrogens is 292 g/mol. The number of rotatable bonds is 2. The standard InChI is InChI=1S/C11H13FIN/c1-6-9(12)4-8(5-10(6)13)11(14)7-2-3-7/h4-5,7,11H,2-3,14H2,1H3. The largest absolute Gasteiger partial charge is 0.324 e. The molecule has 0 heterocycles. The van der Waals surface area contributed by atoms with Crippen LogP contribution in [0.5, 0.6) is 0 Å². The second kappa shape index (κ2) is 3.77. The molecule has 1 unspecified atom stereocenters. The van der Waals surface area contributed by atoms with Gasteiger partial charge >= 0.3 is 0 Å². The van der Waals surface area contributed by atoms with Crippen LogP contribution in [0.4, 0.5) is 4.39 Å². The summed E-state index contributed by atoms with van der Waals surface area (Å²) in [6, 6.07) is 3.61. The summed E-state index contributed by atoms with van der Waals surface area (Å²) in [5.41, 5.74) is 7.68. The van der Waals surface area contributed by atoms with Gasteiger partial charge in [-0.25, -0.2) is 4.39 Å². The molecule has 1 nitrogen and oxygen atoms in total. The third kappa shape index (κ3) is 1.93. The third-order valence-electron chi connectivity index (χ3n) is 2.82. The zero-order chi connectivity index (χ0) is 10.3. The molecule has 0 amide bonds. The van der Waals surface area contributed by atoms with Gasteiger partial charge in [0.2, 0.25) is 0 Å². The summed E-state index contributed by atoms with van der Waals surface area (Å²) >= 11 is 2.16. The van der Waals surface area contributed by atoms with Crippen molar-refractivity contribution < 1.29 is 4.39 Å². The molecule has 2 N–H and O–H groups in total. The molecule has 1 aliphatic rings. The summed E-state index contributed by atoms with van der Waals surface area (Å²) in [6.07, 6.45) is 2.38. The van der Waals surface area contributed by atoms with Crippen molar-refractivity contribution in [1.82, 2.24) is 0 Å². The van der Waals surface area contributed by atoms with Gasteiger partial charge in [0.15, 0.2) is 0 Å². The van der Waals surface area contributed by atoms with Crippen molar-refractivity contribution in [3.05, 3.63) is 32.6 Å². The van der Waals surface area contributed by atoms with Gasteiger partial charge in [0.1, 0.15) is 5.82 Å². The Labute approximate surface area is 97.0 Å². The van der Waals surface area contributed by atoms with Gasteiger partial charge in [-0.2, -0.15) is 0 Å². The maximum atomic E-state index is 13.4. The second-order valence-corrected chi connectivity index (χ2v) is 5.13. The Hall–Kier alpha value is -0.160. The normalized spacial score (nSPS) is 18.3. The van der Waals surface area contributed by atoms with Crippen LogP contribution in [0.15, 0.2) is 12.1 Å². The predicted molar refractivity (Wildman–Crippen MR) is 63.5 cm³/mol. The van der Waals surface area contributed by atoms with E-state index < -0.39 is 0 Å². The molecule has 0 bridgehead atoms. The number of nitrogens with two attached hydrogens (primary N) is 1. The van der Waals surface area contributed by atoms with Gasteiger partial charge in [-0.3, -0.25) is 0 Å². The summed E-state index contributed by atoms with van der Waals surface area (Å²) in [7, 11) is 0. The maximum absolute atomic E-state index is 13.4. The molecule has 1 aliphatic carbocycles. The van der Waals surface area contributed by atoms with Crippen molar-refractivity contribution >= 4 is 22.6 Å². The molecule has 3 heteroatoms. The lowest BCUT2D eigenvalue weighted by Crippen LogP contribution is -2.13. The van der Waals surface area contributed by atoms with Gasteiger partial charge in [0.25, 0.3) is 0 Å². The highest BCUT2D eigenvalue weighted by atomic mass is 127. The van der Waals surface area contributed by atoms with Gasteiger partial charge in [-0.1, -0.05) is 0 Å². The van der Waals surface area contributed by atoms with Crippen LogP contribution < -0.4 is 5.73 Å². The Morgan fingerprint density at radius 2 is 2.14 bits per heavy atom. The Morgan fingerprint density at radius 1 is 1.50 bits per heavy atom. The first-order valence-electron chi connectivity index (χ1n) is 4.80. The lowest BCUT2D eigenvalue weighted by atomic mass is 10.0. The highest BCUT2D eigenvalue weighted by molar-refractivity contribution is 14.1. The van der Waals surface area contributed by atoms with E-state index in [1.807, 2.05) is 6.07 Å². The Morgan fingerprint density at radius 3 is 2.64 bits per heavy atom. The average Bonchev–Trinajstić information content (AvgIpc) is 2.95. The van der Waals surface area contributed by atoms with Gasteiger partial charge < -0.3 is 5.73 Å². The van der Waals surface area contributed by atoms with Crippen molar-refractivity contribution in [2.45, 2.75) is 25.8 Å². The van der Waals surface area contributed by atoms with E-state index in [1.54, 1.807) is 13.0 Å². The van der Waals surface area contributed by atoms with E-state index in [-0.39, 0.29) is 11.9 Å². The smallest absolute Gasteiger partial charge is 0.127 e. The van der Waals surface area contributed by atoms with E-state index in [2.05, 4.69) is 22.6 Å². The molecule has 1 atom stereocenters. The van der Waals surface area contributed by atoms with E-state index in [1.165, 1.54) is 12.8 Å². The summed E-state index contributed by atoms with van der Waals surface area (Å²) in [5, 5.41) is 0. The van der Waals surface area contributed by atoms with Crippen molar-refractivity contribution in [2.75, 3.05) is 0 Å². The molecule has 0 aliphatic heterocycles. The maximum Gasteiger partial charge on any atom is 0.127 e. The third-order valence-corrected chi connectivity index (χ3v) is 3.94. The van der Waals surface area contributed by atoms with Crippen LogP contribution in [0.2, 0.25) is 0 Å². The van der Waals surface area contributed by atoms with Gasteiger partial charge in [0, 0.05) is 9.61 Å². The predicted octanol–water partition coefficient (Wildman–Crippen LogP) is 3.15. The summed E-state index contributed by atoms with van der Waals surface area (Å²) in [5.74, 6) is 0.441. The first-order chi connectivity index (χ1) is 6.59. The number of halogens is 2. The molecule has 76 valence electrons. The monoisotopic (exact) mass is 305 g/mol. The van der Waals surface area contributed by atoms with Crippen LogP contribution in [-0.2, 0) is 0 Å². The zero-order valence-corrected chi connectivity index (χ0v) is 10.2. The van der Waals surface area contributed by atoms with E-state index in [0.717, 1.165) is 14.7 Å². The number of benzene rings is 1. The number of hydrogen-bond donors (Lipinski definition) is 1. The van der Waals surface area contributed by atoms with E-state index in [0.29, 0.717) is 5.92 Å². The fourth-order valence-corrected chi connectivity index (χ4v) is 2.20. The minimum Gasteiger partial charge on any atom is -0.324 e. The van der Waals surface area contributed by atoms with Crippen LogP contribution in [0.1, 0.15) is 30.0 Å². The van der Waals surface area contributed by atoms with Crippen LogP contribution >= 0.6 is 22.6 Å². The molecular formula is C11H13FIN. The number of hydrogen-bond acceptors (Lipinski definition) is 1. The first kappa shape index (κ1) is 10.4. The summed E-state index contributed by atoms with van der Waals surface area (Å²) in [4.78, 5) is 0. The Balaban J connectivity index is 2.34. The minimum absolute atomic E-state index is 0.0265. The van der Waals surface area contributed by atoms with Crippen LogP contribution in [0, 0.1) is 22.2 Å². The molecule has 1 saturated carbocycles. The van der Waals surface area contributed by atoms with Gasteiger partial charge in [0.05, 0.1) is 0 Å². The first-order valence-corrected chi connectivity index (χ1v) is 5.88. The lowest BCUT2D eigenvalue weighted by molar-refractivity contribution is 0.594. The quantitative estimate of drug-likeness (QED) is 0.835. The van der Waals surface area contributed by atoms with Crippen LogP contribution in [-0.4, -0.2) is 0 Å². The zero-order valence-electron chi connectivity index (χ0n) is 8.06. The minimum atomic E-state index is -0.136. The Bertz CT molecular complexity index is 337. The highest BCUT2D eigenvalue weighted by Crippen LogP contribution is 2.40. The molecule has 0 spiro atoms. The van der Waals surface area contributed by atoms with Crippen LogP contribution in [0.3, 0.4) is 0 Å². The summed E-state index contributed by atoms with van der Waals surface area (Å²) in [6.45, 7) is 1.80. The van der Waals surface area contributed by atoms with Crippen molar-refractivity contribution in [2.24, 2.45) is 11.7 Å². The fourth-order valence-electron chi connectivity index (χ4n) is 1.58. The molecule has 1 aromatic carbocycles. The average molecular weight is 305 g/mol. The van der Waals surface area contributed by atoms with E-state index in [4.69, 9.17) is 5.73 Å². The van der Waals surface area contributed by atoms with Crippen molar-refractivity contribution in [3.8, 4) is 0 Å². The van der Waals surface area contributed by atoms with Gasteiger partial charge in [-0.15, -0.1) is 0 Å². The summed E-state index contributed by atoms with van der Waals surface area (Å²) < 4.78 is 14.4. The Kier molecular flexibility index (Phi) is 2.79. The molecule has 2 rings (SSSR count). The molecule has 1 aromatic rings. The molecule has 0 saturated heterocycles. The SMILES string of the molecule is Cc1c(F)cc(C(N)C2CC2)cc1I. The molecule has 0 aromatic heterocycles. The fraction of sp³-hybridized carbons (Fsp3) is 0.455. The second-order valence-electron chi connectivity index (χ2n) is 3.97. The molecule has 14 heavy (non-hydrogen) atoms. The van der Waals surface area contributed by atoms with Crippen LogP contribution in [0.25, 0.3) is 0 Å².